The van der Waals surface area contributed by atoms with Gasteiger partial charge in [0.05, 0.1) is 18.2 Å². The number of rotatable bonds is 3. The van der Waals surface area contributed by atoms with Crippen molar-refractivity contribution in [2.24, 2.45) is 12.0 Å². The molecule has 0 N–H and O–H groups in total. The quantitative estimate of drug-likeness (QED) is 0.748. The Kier molecular flexibility index (Phi) is 5.52. The molecule has 8 heteroatoms. The maximum atomic E-state index is 14.0. The molecular weight excluding hydrogens is 371 g/mol. The predicted octanol–water partition coefficient (Wildman–Crippen LogP) is 3.46. The van der Waals surface area contributed by atoms with Crippen molar-refractivity contribution in [1.82, 2.24) is 9.36 Å². The lowest BCUT2D eigenvalue weighted by Crippen LogP contribution is -2.30. The first kappa shape index (κ1) is 20.4. The Hall–Kier alpha value is -2.35. The average molecular weight is 395 g/mol. The minimum Gasteiger partial charge on any atom is -0.376 e. The van der Waals surface area contributed by atoms with Crippen molar-refractivity contribution >= 4 is 5.91 Å². The maximum absolute atomic E-state index is 14.0. The lowest BCUT2D eigenvalue weighted by Gasteiger charge is -2.21. The van der Waals surface area contributed by atoms with Crippen molar-refractivity contribution in [3.63, 3.8) is 0 Å². The molecule has 1 saturated heterocycles. The summed E-state index contributed by atoms with van der Waals surface area (Å²) in [5.74, 6) is -4.90. The Morgan fingerprint density at radius 2 is 1.96 bits per heavy atom. The van der Waals surface area contributed by atoms with Gasteiger partial charge in [0, 0.05) is 36.9 Å². The monoisotopic (exact) mass is 395 g/mol. The van der Waals surface area contributed by atoms with Gasteiger partial charge < -0.3 is 4.74 Å². The highest BCUT2D eigenvalue weighted by molar-refractivity contribution is 5.95. The molecule has 1 amide bonds. The van der Waals surface area contributed by atoms with Gasteiger partial charge in [-0.05, 0) is 18.9 Å². The normalized spacial score (nSPS) is 18.1. The molecule has 1 aliphatic rings. The summed E-state index contributed by atoms with van der Waals surface area (Å²) in [6, 6.07) is 2.78. The number of nitrogens with zero attached hydrogens (tertiary/aromatic N) is 3. The number of hydrogen-bond acceptors (Lipinski definition) is 2. The van der Waals surface area contributed by atoms with Gasteiger partial charge in [-0.3, -0.25) is 14.2 Å². The number of amides is 1. The molecule has 0 aliphatic carbocycles. The van der Waals surface area contributed by atoms with E-state index in [1.165, 1.54) is 0 Å². The molecule has 1 fully saturated rings. The number of ether oxygens (including phenoxy) is 1. The molecule has 0 bridgehead atoms. The van der Waals surface area contributed by atoms with Gasteiger partial charge in [0.25, 0.3) is 5.91 Å². The highest BCUT2D eigenvalue weighted by Crippen LogP contribution is 2.22. The molecule has 2 aromatic rings. The van der Waals surface area contributed by atoms with Crippen LogP contribution in [0.4, 0.5) is 13.2 Å². The predicted molar refractivity (Wildman–Crippen MR) is 97.3 cm³/mol. The van der Waals surface area contributed by atoms with E-state index in [0.717, 1.165) is 18.5 Å². The molecule has 0 unspecified atom stereocenters. The third-order valence-corrected chi connectivity index (χ3v) is 4.85. The van der Waals surface area contributed by atoms with E-state index in [2.05, 4.69) is 4.99 Å². The van der Waals surface area contributed by atoms with Crippen molar-refractivity contribution in [2.75, 3.05) is 6.61 Å². The summed E-state index contributed by atoms with van der Waals surface area (Å²) in [4.78, 5) is 16.5. The zero-order chi connectivity index (χ0) is 20.6. The van der Waals surface area contributed by atoms with E-state index in [1.807, 2.05) is 32.5 Å². The topological polar surface area (TPSA) is 48.5 Å². The summed E-state index contributed by atoms with van der Waals surface area (Å²) in [6.07, 6.45) is 1.83. The number of carbonyl (C=O) groups is 1. The van der Waals surface area contributed by atoms with Crippen molar-refractivity contribution in [3.8, 4) is 0 Å². The minimum atomic E-state index is -1.42. The Labute approximate surface area is 161 Å². The second-order valence-corrected chi connectivity index (χ2v) is 8.04. The molecule has 0 spiro atoms. The first-order chi connectivity index (χ1) is 13.1. The lowest BCUT2D eigenvalue weighted by molar-refractivity contribution is 0.0885. The van der Waals surface area contributed by atoms with E-state index in [0.29, 0.717) is 25.3 Å². The number of hydrogen-bond donors (Lipinski definition) is 0. The molecule has 1 aliphatic heterocycles. The van der Waals surface area contributed by atoms with Gasteiger partial charge >= 0.3 is 0 Å². The Bertz CT molecular complexity index is 964. The van der Waals surface area contributed by atoms with Gasteiger partial charge in [0.15, 0.2) is 17.1 Å². The van der Waals surface area contributed by atoms with Crippen LogP contribution in [-0.4, -0.2) is 28.0 Å². The maximum Gasteiger partial charge on any atom is 0.282 e. The van der Waals surface area contributed by atoms with Crippen LogP contribution >= 0.6 is 0 Å². The molecular formula is C20H24F3N3O2. The minimum absolute atomic E-state index is 0.0150. The van der Waals surface area contributed by atoms with Crippen LogP contribution in [0.5, 0.6) is 0 Å². The van der Waals surface area contributed by atoms with Gasteiger partial charge in [-0.1, -0.05) is 20.8 Å². The van der Waals surface area contributed by atoms with Crippen LogP contribution in [0, 0.1) is 17.5 Å². The molecule has 0 saturated carbocycles. The fraction of sp³-hybridized carbons (Fsp3) is 0.500. The van der Waals surface area contributed by atoms with E-state index in [-0.39, 0.29) is 17.0 Å². The molecule has 1 atom stereocenters. The second-order valence-electron chi connectivity index (χ2n) is 8.04. The van der Waals surface area contributed by atoms with Crippen LogP contribution in [0.2, 0.25) is 0 Å². The Balaban J connectivity index is 2.10. The second kappa shape index (κ2) is 7.58. The van der Waals surface area contributed by atoms with Crippen LogP contribution in [0.15, 0.2) is 23.2 Å². The summed E-state index contributed by atoms with van der Waals surface area (Å²) in [5, 5.41) is 0. The summed E-state index contributed by atoms with van der Waals surface area (Å²) in [5.41, 5.74) is 0.224. The van der Waals surface area contributed by atoms with E-state index < -0.39 is 28.9 Å². The van der Waals surface area contributed by atoms with Gasteiger partial charge in [0.2, 0.25) is 0 Å². The van der Waals surface area contributed by atoms with Crippen molar-refractivity contribution in [2.45, 2.75) is 51.7 Å². The third-order valence-electron chi connectivity index (χ3n) is 4.85. The van der Waals surface area contributed by atoms with Crippen molar-refractivity contribution < 1.29 is 22.7 Å². The average Bonchev–Trinajstić information content (AvgIpc) is 3.21. The van der Waals surface area contributed by atoms with Crippen LogP contribution in [0.1, 0.15) is 49.7 Å². The van der Waals surface area contributed by atoms with Gasteiger partial charge in [-0.2, -0.15) is 4.99 Å². The molecule has 0 radical (unpaired) electrons. The fourth-order valence-electron chi connectivity index (χ4n) is 3.44. The van der Waals surface area contributed by atoms with Gasteiger partial charge in [-0.25, -0.2) is 13.2 Å². The smallest absolute Gasteiger partial charge is 0.282 e. The molecule has 1 aromatic carbocycles. The number of benzene rings is 1. The molecule has 3 rings (SSSR count). The van der Waals surface area contributed by atoms with Crippen LogP contribution in [-0.2, 0) is 23.7 Å². The highest BCUT2D eigenvalue weighted by Gasteiger charge is 2.24. The highest BCUT2D eigenvalue weighted by atomic mass is 19.2. The number of carbonyl (C=O) groups excluding carboxylic acids is 1. The largest absolute Gasteiger partial charge is 0.376 e. The van der Waals surface area contributed by atoms with Crippen molar-refractivity contribution in [3.05, 3.63) is 52.4 Å². The lowest BCUT2D eigenvalue weighted by atomic mass is 9.92. The molecule has 2 heterocycles. The summed E-state index contributed by atoms with van der Waals surface area (Å²) in [6.45, 7) is 7.21. The van der Waals surface area contributed by atoms with Crippen LogP contribution in [0.25, 0.3) is 0 Å². The van der Waals surface area contributed by atoms with E-state index in [1.54, 1.807) is 10.7 Å². The zero-order valence-electron chi connectivity index (χ0n) is 16.4. The van der Waals surface area contributed by atoms with Crippen LogP contribution in [0.3, 0.4) is 0 Å². The zero-order valence-corrected chi connectivity index (χ0v) is 16.4. The van der Waals surface area contributed by atoms with E-state index in [9.17, 15) is 18.0 Å². The molecule has 152 valence electrons. The first-order valence-corrected chi connectivity index (χ1v) is 9.20. The van der Waals surface area contributed by atoms with Gasteiger partial charge in [0.1, 0.15) is 5.82 Å². The Morgan fingerprint density at radius 1 is 1.25 bits per heavy atom. The SMILES string of the molecule is Cn1c(C(C)(C)C)c/c(=N\C(=O)c2cc(F)cc(F)c2F)n1C[C@H]1CCCO1. The van der Waals surface area contributed by atoms with Gasteiger partial charge in [-0.15, -0.1) is 0 Å². The fourth-order valence-corrected chi connectivity index (χ4v) is 3.44. The first-order valence-electron chi connectivity index (χ1n) is 9.20. The summed E-state index contributed by atoms with van der Waals surface area (Å²) >= 11 is 0. The number of aromatic nitrogens is 2. The summed E-state index contributed by atoms with van der Waals surface area (Å²) in [7, 11) is 1.85. The molecule has 1 aromatic heterocycles. The standard InChI is InChI=1S/C20H24F3N3O2/c1-20(2,3)16-10-17(26(25(16)4)11-13-6-5-7-28-13)24-19(27)14-8-12(21)9-15(22)18(14)23/h8-10,13H,5-7,11H2,1-4H3/b24-17+/t13-/m1/s1. The number of halogens is 3. The summed E-state index contributed by atoms with van der Waals surface area (Å²) < 4.78 is 50.3. The van der Waals surface area contributed by atoms with Crippen molar-refractivity contribution in [1.29, 1.82) is 0 Å². The van der Waals surface area contributed by atoms with E-state index >= 15 is 0 Å². The third kappa shape index (κ3) is 4.06. The Morgan fingerprint density at radius 3 is 2.57 bits per heavy atom. The molecule has 28 heavy (non-hydrogen) atoms. The van der Waals surface area contributed by atoms with E-state index in [4.69, 9.17) is 4.74 Å². The molecule has 5 nitrogen and oxygen atoms in total. The van der Waals surface area contributed by atoms with Crippen LogP contribution < -0.4 is 5.49 Å².